The molecule has 0 radical (unpaired) electrons. The van der Waals surface area contributed by atoms with Gasteiger partial charge in [-0.15, -0.1) is 12.6 Å². The predicted molar refractivity (Wildman–Crippen MR) is 77.0 cm³/mol. The monoisotopic (exact) mass is 291 g/mol. The van der Waals surface area contributed by atoms with Crippen molar-refractivity contribution in [1.82, 2.24) is 4.98 Å². The molecule has 0 aliphatic heterocycles. The second kappa shape index (κ2) is 5.83. The number of pyridine rings is 1. The minimum absolute atomic E-state index is 0.0896. The van der Waals surface area contributed by atoms with Crippen LogP contribution < -0.4 is 9.47 Å². The Morgan fingerprint density at radius 1 is 1.30 bits per heavy atom. The lowest BCUT2D eigenvalue weighted by molar-refractivity contribution is 0.0697. The molecule has 1 N–H and O–H groups in total. The summed E-state index contributed by atoms with van der Waals surface area (Å²) >= 11 is 4.33. The van der Waals surface area contributed by atoms with Crippen LogP contribution in [0.3, 0.4) is 0 Å². The number of nitrogens with zero attached hydrogens (tertiary/aromatic N) is 1. The highest BCUT2D eigenvalue weighted by molar-refractivity contribution is 7.80. The van der Waals surface area contributed by atoms with Gasteiger partial charge in [0.25, 0.3) is 0 Å². The molecule has 2 rings (SSSR count). The second-order valence-corrected chi connectivity index (χ2v) is 4.41. The second-order valence-electron chi connectivity index (χ2n) is 3.93. The molecule has 20 heavy (non-hydrogen) atoms. The Labute approximate surface area is 121 Å². The van der Waals surface area contributed by atoms with E-state index in [0.717, 1.165) is 0 Å². The summed E-state index contributed by atoms with van der Waals surface area (Å²) < 4.78 is 10.5. The minimum Gasteiger partial charge on any atom is -0.497 e. The van der Waals surface area contributed by atoms with Crippen molar-refractivity contribution in [3.8, 4) is 22.8 Å². The van der Waals surface area contributed by atoms with Crippen LogP contribution in [0.2, 0.25) is 0 Å². The van der Waals surface area contributed by atoms with E-state index in [1.807, 2.05) is 0 Å². The predicted octanol–water partition coefficient (Wildman–Crippen LogP) is 2.75. The summed E-state index contributed by atoms with van der Waals surface area (Å²) in [6.07, 6.45) is 1.53. The van der Waals surface area contributed by atoms with Gasteiger partial charge in [-0.2, -0.15) is 0 Å². The maximum absolute atomic E-state index is 11.3. The summed E-state index contributed by atoms with van der Waals surface area (Å²) in [5.74, 6) is -0.0539. The van der Waals surface area contributed by atoms with Crippen molar-refractivity contribution in [3.63, 3.8) is 0 Å². The van der Waals surface area contributed by atoms with Crippen molar-refractivity contribution in [2.24, 2.45) is 0 Å². The van der Waals surface area contributed by atoms with Gasteiger partial charge in [0.2, 0.25) is 0 Å². The van der Waals surface area contributed by atoms with Crippen molar-refractivity contribution in [1.29, 1.82) is 0 Å². The summed E-state index contributed by atoms with van der Waals surface area (Å²) in [4.78, 5) is 16.0. The van der Waals surface area contributed by atoms with Gasteiger partial charge in [0, 0.05) is 11.8 Å². The van der Waals surface area contributed by atoms with Crippen LogP contribution in [0, 0.1) is 0 Å². The molecule has 1 aromatic heterocycles. The van der Waals surface area contributed by atoms with E-state index in [-0.39, 0.29) is 5.56 Å². The van der Waals surface area contributed by atoms with Gasteiger partial charge in [-0.3, -0.25) is 4.98 Å². The molecule has 0 aliphatic carbocycles. The lowest BCUT2D eigenvalue weighted by atomic mass is 10.0. The third-order valence-electron chi connectivity index (χ3n) is 2.78. The lowest BCUT2D eigenvalue weighted by Gasteiger charge is -2.14. The van der Waals surface area contributed by atoms with E-state index in [4.69, 9.17) is 9.47 Å². The standard InChI is InChI=1S/C14H13NO4S/c1-18-8-6-10(13(19-2)11(20)7-8)12-9(14(16)17)4-3-5-15-12/h3-7,20H,1-2H3,(H,16,17). The van der Waals surface area contributed by atoms with Crippen LogP contribution in [0.25, 0.3) is 11.3 Å². The first kappa shape index (κ1) is 14.2. The Kier molecular flexibility index (Phi) is 4.14. The molecule has 0 spiro atoms. The first-order valence-corrected chi connectivity index (χ1v) is 6.17. The number of thiol groups is 1. The lowest BCUT2D eigenvalue weighted by Crippen LogP contribution is -2.02. The Bertz CT molecular complexity index is 658. The topological polar surface area (TPSA) is 68.7 Å². The number of benzene rings is 1. The number of methoxy groups -OCH3 is 2. The first-order valence-electron chi connectivity index (χ1n) is 5.72. The van der Waals surface area contributed by atoms with Crippen molar-refractivity contribution < 1.29 is 19.4 Å². The molecule has 0 bridgehead atoms. The quantitative estimate of drug-likeness (QED) is 0.848. The molecule has 0 saturated heterocycles. The number of ether oxygens (including phenoxy) is 2. The van der Waals surface area contributed by atoms with Gasteiger partial charge in [-0.05, 0) is 24.3 Å². The first-order chi connectivity index (χ1) is 9.58. The number of carbonyl (C=O) groups is 1. The maximum Gasteiger partial charge on any atom is 0.337 e. The molecule has 2 aromatic rings. The van der Waals surface area contributed by atoms with Crippen LogP contribution in [0.1, 0.15) is 10.4 Å². The molecule has 0 unspecified atom stereocenters. The minimum atomic E-state index is -1.06. The highest BCUT2D eigenvalue weighted by Crippen LogP contribution is 2.39. The van der Waals surface area contributed by atoms with Crippen molar-refractivity contribution >= 4 is 18.6 Å². The third-order valence-corrected chi connectivity index (χ3v) is 3.11. The number of hydrogen-bond acceptors (Lipinski definition) is 5. The molecule has 5 nitrogen and oxygen atoms in total. The number of hydrogen-bond donors (Lipinski definition) is 2. The van der Waals surface area contributed by atoms with Crippen molar-refractivity contribution in [2.45, 2.75) is 4.90 Å². The normalized spacial score (nSPS) is 10.2. The average molecular weight is 291 g/mol. The summed E-state index contributed by atoms with van der Waals surface area (Å²) in [6, 6.07) is 6.42. The number of rotatable bonds is 4. The van der Waals surface area contributed by atoms with Crippen LogP contribution in [0.5, 0.6) is 11.5 Å². The zero-order valence-electron chi connectivity index (χ0n) is 11.0. The molecule has 1 heterocycles. The van der Waals surface area contributed by atoms with Gasteiger partial charge >= 0.3 is 5.97 Å². The van der Waals surface area contributed by atoms with Crippen molar-refractivity contribution in [3.05, 3.63) is 36.0 Å². The summed E-state index contributed by atoms with van der Waals surface area (Å²) in [7, 11) is 3.02. The zero-order chi connectivity index (χ0) is 14.7. The highest BCUT2D eigenvalue weighted by atomic mass is 32.1. The molecular weight excluding hydrogens is 278 g/mol. The Morgan fingerprint density at radius 3 is 2.65 bits per heavy atom. The van der Waals surface area contributed by atoms with Crippen molar-refractivity contribution in [2.75, 3.05) is 14.2 Å². The van der Waals surface area contributed by atoms with Crippen LogP contribution in [-0.4, -0.2) is 30.3 Å². The molecule has 0 amide bonds. The molecule has 0 fully saturated rings. The number of carboxylic acid groups (broad SMARTS) is 1. The molecule has 0 aliphatic rings. The fraction of sp³-hybridized carbons (Fsp3) is 0.143. The van der Waals surface area contributed by atoms with Crippen LogP contribution in [0.15, 0.2) is 35.4 Å². The van der Waals surface area contributed by atoms with Gasteiger partial charge in [0.05, 0.1) is 30.4 Å². The SMILES string of the molecule is COc1cc(S)c(OC)c(-c2ncccc2C(=O)O)c1. The smallest absolute Gasteiger partial charge is 0.337 e. The van der Waals surface area contributed by atoms with Crippen LogP contribution in [-0.2, 0) is 0 Å². The molecule has 0 saturated carbocycles. The molecular formula is C14H13NO4S. The van der Waals surface area contributed by atoms with Crippen LogP contribution in [0.4, 0.5) is 0 Å². The number of aromatic nitrogens is 1. The highest BCUT2D eigenvalue weighted by Gasteiger charge is 2.19. The molecule has 6 heteroatoms. The van der Waals surface area contributed by atoms with E-state index in [0.29, 0.717) is 27.7 Å². The molecule has 104 valence electrons. The van der Waals surface area contributed by atoms with Gasteiger partial charge in [-0.1, -0.05) is 0 Å². The Morgan fingerprint density at radius 2 is 2.05 bits per heavy atom. The fourth-order valence-electron chi connectivity index (χ4n) is 1.89. The Hall–Kier alpha value is -2.21. The zero-order valence-corrected chi connectivity index (χ0v) is 11.8. The van der Waals surface area contributed by atoms with E-state index in [2.05, 4.69) is 17.6 Å². The largest absolute Gasteiger partial charge is 0.497 e. The Balaban J connectivity index is 2.74. The van der Waals surface area contributed by atoms with E-state index in [9.17, 15) is 9.90 Å². The maximum atomic E-state index is 11.3. The van der Waals surface area contributed by atoms with Crippen LogP contribution >= 0.6 is 12.6 Å². The number of aromatic carboxylic acids is 1. The van der Waals surface area contributed by atoms with Gasteiger partial charge in [-0.25, -0.2) is 4.79 Å². The van der Waals surface area contributed by atoms with E-state index in [1.165, 1.54) is 26.5 Å². The van der Waals surface area contributed by atoms with Gasteiger partial charge in [0.1, 0.15) is 11.5 Å². The molecule has 1 aromatic carbocycles. The van der Waals surface area contributed by atoms with E-state index >= 15 is 0 Å². The summed E-state index contributed by atoms with van der Waals surface area (Å²) in [5, 5.41) is 9.26. The van der Waals surface area contributed by atoms with Gasteiger partial charge in [0.15, 0.2) is 0 Å². The van der Waals surface area contributed by atoms with E-state index in [1.54, 1.807) is 18.2 Å². The van der Waals surface area contributed by atoms with Gasteiger partial charge < -0.3 is 14.6 Å². The summed E-state index contributed by atoms with van der Waals surface area (Å²) in [6.45, 7) is 0. The molecule has 0 atom stereocenters. The third kappa shape index (κ3) is 2.55. The summed E-state index contributed by atoms with van der Waals surface area (Å²) in [5.41, 5.74) is 0.924. The number of carboxylic acids is 1. The fourth-order valence-corrected chi connectivity index (χ4v) is 2.23. The van der Waals surface area contributed by atoms with E-state index < -0.39 is 5.97 Å². The average Bonchev–Trinajstić information content (AvgIpc) is 2.46.